The Morgan fingerprint density at radius 3 is 2.29 bits per heavy atom. The van der Waals surface area contributed by atoms with Gasteiger partial charge >= 0.3 is 5.69 Å². The van der Waals surface area contributed by atoms with Crippen LogP contribution in [-0.4, -0.2) is 19.9 Å². The highest BCUT2D eigenvalue weighted by Crippen LogP contribution is 2.23. The van der Waals surface area contributed by atoms with Crippen molar-refractivity contribution in [3.8, 4) is 5.69 Å². The van der Waals surface area contributed by atoms with Crippen LogP contribution in [0.2, 0.25) is 5.02 Å². The number of nitrogens with zero attached hydrogens (tertiary/aromatic N) is 2. The molecule has 0 aliphatic heterocycles. The topological polar surface area (TPSA) is 70.9 Å². The van der Waals surface area contributed by atoms with Crippen molar-refractivity contribution in [2.75, 3.05) is 0 Å². The van der Waals surface area contributed by atoms with E-state index >= 15 is 0 Å². The molecule has 3 aromatic carbocycles. The number of benzene rings is 3. The maximum Gasteiger partial charge on any atom is 0.347 e. The van der Waals surface area contributed by atoms with Gasteiger partial charge in [0.05, 0.1) is 5.69 Å². The fraction of sp³-hybridized carbons (Fsp3) is 0.0909. The lowest BCUT2D eigenvalue weighted by Crippen LogP contribution is -2.17. The Morgan fingerprint density at radius 1 is 0.929 bits per heavy atom. The van der Waals surface area contributed by atoms with Crippen molar-refractivity contribution in [2.45, 2.75) is 12.5 Å². The van der Waals surface area contributed by atoms with Gasteiger partial charge in [-0.3, -0.25) is 0 Å². The van der Waals surface area contributed by atoms with Gasteiger partial charge < -0.3 is 5.11 Å². The molecule has 0 amide bonds. The number of hydrogen-bond donors (Lipinski definition) is 2. The van der Waals surface area contributed by atoms with Crippen molar-refractivity contribution >= 4 is 11.6 Å². The molecule has 2 N–H and O–H groups in total. The van der Waals surface area contributed by atoms with Gasteiger partial charge in [-0.15, -0.1) is 0 Å². The van der Waals surface area contributed by atoms with E-state index in [-0.39, 0.29) is 5.69 Å². The summed E-state index contributed by atoms with van der Waals surface area (Å²) < 4.78 is 1.52. The third-order valence-electron chi connectivity index (χ3n) is 4.63. The first kappa shape index (κ1) is 18.2. The minimum absolute atomic E-state index is 0.321. The number of hydrogen-bond acceptors (Lipinski definition) is 3. The number of aliphatic hydroxyl groups excluding tert-OH is 1. The molecule has 0 bridgehead atoms. The SMILES string of the molecule is O=c1[nH]nc(Cc2ccccc2Cl)n1-c1ccc(C(O)c2ccccc2)cc1. The molecule has 5 nitrogen and oxygen atoms in total. The van der Waals surface area contributed by atoms with E-state index in [1.807, 2.05) is 66.7 Å². The molecule has 1 heterocycles. The third-order valence-corrected chi connectivity index (χ3v) is 5.00. The molecule has 1 unspecified atom stereocenters. The minimum atomic E-state index is -0.723. The van der Waals surface area contributed by atoms with Gasteiger partial charge in [-0.2, -0.15) is 5.10 Å². The molecule has 0 aliphatic rings. The van der Waals surface area contributed by atoms with Crippen LogP contribution in [0.1, 0.15) is 28.6 Å². The van der Waals surface area contributed by atoms with E-state index in [0.717, 1.165) is 16.7 Å². The van der Waals surface area contributed by atoms with Gasteiger partial charge in [0.1, 0.15) is 11.9 Å². The van der Waals surface area contributed by atoms with Crippen LogP contribution in [0.4, 0.5) is 0 Å². The fourth-order valence-corrected chi connectivity index (χ4v) is 3.36. The molecule has 0 fully saturated rings. The number of aromatic amines is 1. The number of H-pyrrole nitrogens is 1. The number of aromatic nitrogens is 3. The van der Waals surface area contributed by atoms with Gasteiger partial charge in [-0.1, -0.05) is 72.3 Å². The standard InChI is InChI=1S/C22H18ClN3O2/c23-19-9-5-4-8-17(19)14-20-24-25-22(28)26(20)18-12-10-16(11-13-18)21(27)15-6-2-1-3-7-15/h1-13,21,27H,14H2,(H,25,28). The summed E-state index contributed by atoms with van der Waals surface area (Å²) in [4.78, 5) is 12.3. The highest BCUT2D eigenvalue weighted by Gasteiger charge is 2.14. The van der Waals surface area contributed by atoms with Crippen molar-refractivity contribution in [3.63, 3.8) is 0 Å². The van der Waals surface area contributed by atoms with E-state index < -0.39 is 6.10 Å². The largest absolute Gasteiger partial charge is 0.384 e. The van der Waals surface area contributed by atoms with Crippen LogP contribution in [0, 0.1) is 0 Å². The van der Waals surface area contributed by atoms with Crippen LogP contribution in [0.5, 0.6) is 0 Å². The lowest BCUT2D eigenvalue weighted by molar-refractivity contribution is 0.220. The summed E-state index contributed by atoms with van der Waals surface area (Å²) in [6, 6.07) is 24.1. The van der Waals surface area contributed by atoms with Gasteiger partial charge in [0.15, 0.2) is 0 Å². The molecule has 28 heavy (non-hydrogen) atoms. The summed E-state index contributed by atoms with van der Waals surface area (Å²) in [5.41, 5.74) is 2.80. The molecule has 0 aliphatic carbocycles. The highest BCUT2D eigenvalue weighted by atomic mass is 35.5. The smallest absolute Gasteiger partial charge is 0.347 e. The van der Waals surface area contributed by atoms with Crippen LogP contribution in [0.3, 0.4) is 0 Å². The molecular weight excluding hydrogens is 374 g/mol. The van der Waals surface area contributed by atoms with Gasteiger partial charge in [-0.05, 0) is 34.9 Å². The molecule has 0 spiro atoms. The maximum absolute atomic E-state index is 12.3. The zero-order valence-corrected chi connectivity index (χ0v) is 15.7. The van der Waals surface area contributed by atoms with Crippen LogP contribution in [-0.2, 0) is 6.42 Å². The second-order valence-corrected chi connectivity index (χ2v) is 6.86. The van der Waals surface area contributed by atoms with Gasteiger partial charge in [0, 0.05) is 11.4 Å². The fourth-order valence-electron chi connectivity index (χ4n) is 3.16. The molecular formula is C22H18ClN3O2. The maximum atomic E-state index is 12.3. The molecule has 140 valence electrons. The lowest BCUT2D eigenvalue weighted by atomic mass is 10.0. The highest BCUT2D eigenvalue weighted by molar-refractivity contribution is 6.31. The Balaban J connectivity index is 1.64. The van der Waals surface area contributed by atoms with Gasteiger partial charge in [0.25, 0.3) is 0 Å². The number of halogens is 1. The zero-order valence-electron chi connectivity index (χ0n) is 14.9. The van der Waals surface area contributed by atoms with Crippen LogP contribution < -0.4 is 5.69 Å². The first-order valence-corrected chi connectivity index (χ1v) is 9.24. The van der Waals surface area contributed by atoms with Crippen LogP contribution in [0.15, 0.2) is 83.7 Å². The van der Waals surface area contributed by atoms with E-state index in [9.17, 15) is 9.90 Å². The van der Waals surface area contributed by atoms with E-state index in [0.29, 0.717) is 23.0 Å². The molecule has 6 heteroatoms. The summed E-state index contributed by atoms with van der Waals surface area (Å²) in [5, 5.41) is 17.8. The van der Waals surface area contributed by atoms with Gasteiger partial charge in [-0.25, -0.2) is 14.5 Å². The minimum Gasteiger partial charge on any atom is -0.384 e. The second kappa shape index (κ2) is 7.84. The van der Waals surface area contributed by atoms with Gasteiger partial charge in [0.2, 0.25) is 0 Å². The van der Waals surface area contributed by atoms with E-state index in [2.05, 4.69) is 10.2 Å². The number of nitrogens with one attached hydrogen (secondary N) is 1. The third kappa shape index (κ3) is 3.63. The van der Waals surface area contributed by atoms with Crippen molar-refractivity contribution in [3.05, 3.63) is 117 Å². The molecule has 4 aromatic rings. The Labute approximate surface area is 166 Å². The van der Waals surface area contributed by atoms with Crippen molar-refractivity contribution in [1.29, 1.82) is 0 Å². The average molecular weight is 392 g/mol. The normalized spacial score (nSPS) is 12.1. The van der Waals surface area contributed by atoms with E-state index in [4.69, 9.17) is 11.6 Å². The Bertz CT molecular complexity index is 1130. The average Bonchev–Trinajstić information content (AvgIpc) is 3.10. The predicted molar refractivity (Wildman–Crippen MR) is 109 cm³/mol. The quantitative estimate of drug-likeness (QED) is 0.542. The molecule has 1 atom stereocenters. The van der Waals surface area contributed by atoms with Crippen molar-refractivity contribution in [2.24, 2.45) is 0 Å². The number of rotatable bonds is 5. The molecule has 0 radical (unpaired) electrons. The van der Waals surface area contributed by atoms with Crippen molar-refractivity contribution < 1.29 is 5.11 Å². The number of aliphatic hydroxyl groups is 1. The molecule has 1 aromatic heterocycles. The summed E-state index contributed by atoms with van der Waals surface area (Å²) in [5.74, 6) is 0.564. The summed E-state index contributed by atoms with van der Waals surface area (Å²) in [6.45, 7) is 0. The summed E-state index contributed by atoms with van der Waals surface area (Å²) >= 11 is 6.24. The van der Waals surface area contributed by atoms with Crippen molar-refractivity contribution in [1.82, 2.24) is 14.8 Å². The zero-order chi connectivity index (χ0) is 19.5. The Kier molecular flexibility index (Phi) is 5.10. The summed E-state index contributed by atoms with van der Waals surface area (Å²) in [6.07, 6.45) is -0.300. The monoisotopic (exact) mass is 391 g/mol. The van der Waals surface area contributed by atoms with Crippen LogP contribution >= 0.6 is 11.6 Å². The molecule has 0 saturated carbocycles. The first-order valence-electron chi connectivity index (χ1n) is 8.86. The Hall–Kier alpha value is -3.15. The predicted octanol–water partition coefficient (Wildman–Crippen LogP) is 3.89. The van der Waals surface area contributed by atoms with E-state index in [1.165, 1.54) is 4.57 Å². The lowest BCUT2D eigenvalue weighted by Gasteiger charge is -2.13. The first-order chi connectivity index (χ1) is 13.6. The second-order valence-electron chi connectivity index (χ2n) is 6.45. The Morgan fingerprint density at radius 2 is 1.57 bits per heavy atom. The summed E-state index contributed by atoms with van der Waals surface area (Å²) in [7, 11) is 0. The van der Waals surface area contributed by atoms with E-state index in [1.54, 1.807) is 12.1 Å². The molecule has 0 saturated heterocycles. The van der Waals surface area contributed by atoms with Crippen LogP contribution in [0.25, 0.3) is 5.69 Å². The molecule has 4 rings (SSSR count).